The van der Waals surface area contributed by atoms with Crippen LogP contribution in [0.25, 0.3) is 0 Å². The molecule has 2 fully saturated rings. The molecule has 0 spiro atoms. The van der Waals surface area contributed by atoms with Gasteiger partial charge in [-0.15, -0.1) is 11.3 Å². The first kappa shape index (κ1) is 15.6. The van der Waals surface area contributed by atoms with Gasteiger partial charge >= 0.3 is 0 Å². The quantitative estimate of drug-likeness (QED) is 0.859. The van der Waals surface area contributed by atoms with Crippen molar-refractivity contribution in [1.29, 1.82) is 0 Å². The fourth-order valence-electron chi connectivity index (χ4n) is 3.61. The fourth-order valence-corrected chi connectivity index (χ4v) is 4.49. The highest BCUT2D eigenvalue weighted by molar-refractivity contribution is 7.12. The van der Waals surface area contributed by atoms with Gasteiger partial charge in [0.2, 0.25) is 0 Å². The number of ether oxygens (including phenoxy) is 2. The molecule has 1 amide bonds. The van der Waals surface area contributed by atoms with Crippen molar-refractivity contribution < 1.29 is 14.3 Å². The molecule has 5 nitrogen and oxygen atoms in total. The number of amides is 1. The van der Waals surface area contributed by atoms with Crippen molar-refractivity contribution in [2.45, 2.75) is 38.0 Å². The fraction of sp³-hybridized carbons (Fsp3) is 0.444. The second kappa shape index (κ2) is 6.53. The molecule has 2 aromatic rings. The third-order valence-corrected chi connectivity index (χ3v) is 5.78. The first-order valence-corrected chi connectivity index (χ1v) is 9.15. The smallest absolute Gasteiger partial charge is 0.264 e. The van der Waals surface area contributed by atoms with Gasteiger partial charge in [0.1, 0.15) is 18.0 Å². The number of fused-ring (bicyclic) bond motifs is 1. The minimum Gasteiger partial charge on any atom is -0.486 e. The Balaban J connectivity index is 1.50. The summed E-state index contributed by atoms with van der Waals surface area (Å²) in [6, 6.07) is 5.85. The molecule has 1 saturated carbocycles. The summed E-state index contributed by atoms with van der Waals surface area (Å²) < 4.78 is 12.0. The van der Waals surface area contributed by atoms with Crippen LogP contribution in [-0.4, -0.2) is 47.2 Å². The van der Waals surface area contributed by atoms with E-state index in [-0.39, 0.29) is 24.2 Å². The van der Waals surface area contributed by atoms with E-state index in [4.69, 9.17) is 9.47 Å². The Morgan fingerprint density at radius 1 is 1.42 bits per heavy atom. The number of aromatic nitrogens is 1. The van der Waals surface area contributed by atoms with Crippen LogP contribution in [0.5, 0.6) is 5.75 Å². The summed E-state index contributed by atoms with van der Waals surface area (Å²) in [4.78, 5) is 19.8. The predicted molar refractivity (Wildman–Crippen MR) is 91.5 cm³/mol. The number of rotatable bonds is 3. The number of morpholine rings is 1. The van der Waals surface area contributed by atoms with Crippen LogP contribution in [0.3, 0.4) is 0 Å². The third kappa shape index (κ3) is 2.80. The highest BCUT2D eigenvalue weighted by atomic mass is 32.1. The van der Waals surface area contributed by atoms with E-state index < -0.39 is 0 Å². The van der Waals surface area contributed by atoms with Crippen LogP contribution in [-0.2, 0) is 4.74 Å². The van der Waals surface area contributed by atoms with E-state index in [2.05, 4.69) is 4.98 Å². The van der Waals surface area contributed by atoms with Crippen molar-refractivity contribution in [2.24, 2.45) is 0 Å². The molecular weight excluding hydrogens is 324 g/mol. The molecule has 0 bridgehead atoms. The van der Waals surface area contributed by atoms with Crippen molar-refractivity contribution in [3.63, 3.8) is 0 Å². The maximum absolute atomic E-state index is 12.9. The molecular formula is C18H20N2O3S. The minimum atomic E-state index is -0.0665. The molecule has 24 heavy (non-hydrogen) atoms. The van der Waals surface area contributed by atoms with Gasteiger partial charge < -0.3 is 14.4 Å². The Bertz CT molecular complexity index is 718. The van der Waals surface area contributed by atoms with Crippen molar-refractivity contribution >= 4 is 17.2 Å². The number of carbonyl (C=O) groups excluding carboxylic acids is 1. The Hall–Kier alpha value is -1.92. The van der Waals surface area contributed by atoms with E-state index in [0.717, 1.165) is 29.0 Å². The van der Waals surface area contributed by atoms with E-state index in [1.54, 1.807) is 12.4 Å². The first-order valence-electron chi connectivity index (χ1n) is 8.27. The first-order chi connectivity index (χ1) is 11.7. The minimum absolute atomic E-state index is 0.0285. The monoisotopic (exact) mass is 344 g/mol. The SMILES string of the molecule is Cc1ccsc1C(=O)N1CCO[C@H]2[C@@H](Oc3cccnc3)CC[C@@H]21. The zero-order valence-corrected chi connectivity index (χ0v) is 14.4. The van der Waals surface area contributed by atoms with Crippen LogP contribution in [0.2, 0.25) is 0 Å². The van der Waals surface area contributed by atoms with E-state index in [1.807, 2.05) is 35.4 Å². The lowest BCUT2D eigenvalue weighted by molar-refractivity contribution is -0.0785. The molecule has 1 aliphatic carbocycles. The van der Waals surface area contributed by atoms with Gasteiger partial charge in [-0.25, -0.2) is 0 Å². The largest absolute Gasteiger partial charge is 0.486 e. The van der Waals surface area contributed by atoms with Crippen LogP contribution in [0.4, 0.5) is 0 Å². The lowest BCUT2D eigenvalue weighted by Gasteiger charge is -2.38. The number of nitrogens with zero attached hydrogens (tertiary/aromatic N) is 2. The van der Waals surface area contributed by atoms with Gasteiger partial charge in [0.25, 0.3) is 5.91 Å². The third-order valence-electron chi connectivity index (χ3n) is 4.77. The van der Waals surface area contributed by atoms with Gasteiger partial charge in [0, 0.05) is 12.7 Å². The van der Waals surface area contributed by atoms with Crippen molar-refractivity contribution in [1.82, 2.24) is 9.88 Å². The molecule has 6 heteroatoms. The molecule has 3 atom stereocenters. The van der Waals surface area contributed by atoms with Crippen LogP contribution < -0.4 is 4.74 Å². The van der Waals surface area contributed by atoms with Gasteiger partial charge in [0.05, 0.1) is 23.7 Å². The lowest BCUT2D eigenvalue weighted by Crippen LogP contribution is -2.54. The van der Waals surface area contributed by atoms with Gasteiger partial charge in [0.15, 0.2) is 0 Å². The molecule has 0 N–H and O–H groups in total. The summed E-state index contributed by atoms with van der Waals surface area (Å²) in [7, 11) is 0. The van der Waals surface area contributed by atoms with Crippen LogP contribution >= 0.6 is 11.3 Å². The molecule has 1 saturated heterocycles. The average molecular weight is 344 g/mol. The molecule has 0 radical (unpaired) electrons. The molecule has 2 aliphatic rings. The van der Waals surface area contributed by atoms with Gasteiger partial charge in [-0.05, 0) is 48.9 Å². The Morgan fingerprint density at radius 3 is 3.08 bits per heavy atom. The average Bonchev–Trinajstić information content (AvgIpc) is 3.22. The number of thiophene rings is 1. The zero-order valence-electron chi connectivity index (χ0n) is 13.6. The molecule has 0 unspecified atom stereocenters. The number of hydrogen-bond acceptors (Lipinski definition) is 5. The molecule has 4 rings (SSSR count). The van der Waals surface area contributed by atoms with E-state index in [0.29, 0.717) is 13.2 Å². The summed E-state index contributed by atoms with van der Waals surface area (Å²) in [5.41, 5.74) is 1.05. The van der Waals surface area contributed by atoms with E-state index in [9.17, 15) is 4.79 Å². The second-order valence-electron chi connectivity index (χ2n) is 6.26. The normalized spacial score (nSPS) is 26.2. The Labute approximate surface area is 145 Å². The standard InChI is InChI=1S/C18H20N2O3S/c1-12-6-10-24-17(12)18(21)20-8-9-22-16-14(20)4-5-15(16)23-13-3-2-7-19-11-13/h2-3,6-7,10-11,14-16H,4-5,8-9H2,1H3/t14-,15-,16+/m0/s1. The van der Waals surface area contributed by atoms with Crippen molar-refractivity contribution in [3.8, 4) is 5.75 Å². The van der Waals surface area contributed by atoms with E-state index >= 15 is 0 Å². The second-order valence-corrected chi connectivity index (χ2v) is 7.17. The molecule has 2 aromatic heterocycles. The number of carbonyl (C=O) groups is 1. The van der Waals surface area contributed by atoms with Gasteiger partial charge in [-0.2, -0.15) is 0 Å². The molecule has 126 valence electrons. The molecule has 3 heterocycles. The van der Waals surface area contributed by atoms with Crippen LogP contribution in [0.1, 0.15) is 28.1 Å². The number of aryl methyl sites for hydroxylation is 1. The van der Waals surface area contributed by atoms with Crippen LogP contribution in [0, 0.1) is 6.92 Å². The van der Waals surface area contributed by atoms with Crippen LogP contribution in [0.15, 0.2) is 36.0 Å². The van der Waals surface area contributed by atoms with Crippen molar-refractivity contribution in [2.75, 3.05) is 13.2 Å². The summed E-state index contributed by atoms with van der Waals surface area (Å²) in [6.07, 6.45) is 5.14. The highest BCUT2D eigenvalue weighted by Gasteiger charge is 2.46. The highest BCUT2D eigenvalue weighted by Crippen LogP contribution is 2.34. The maximum Gasteiger partial charge on any atom is 0.264 e. The summed E-state index contributed by atoms with van der Waals surface area (Å²) >= 11 is 1.52. The summed E-state index contributed by atoms with van der Waals surface area (Å²) in [5.74, 6) is 0.882. The lowest BCUT2D eigenvalue weighted by atomic mass is 10.1. The maximum atomic E-state index is 12.9. The Morgan fingerprint density at radius 2 is 2.33 bits per heavy atom. The number of hydrogen-bond donors (Lipinski definition) is 0. The topological polar surface area (TPSA) is 51.7 Å². The van der Waals surface area contributed by atoms with Crippen molar-refractivity contribution in [3.05, 3.63) is 46.4 Å². The van der Waals surface area contributed by atoms with Gasteiger partial charge in [-0.1, -0.05) is 0 Å². The summed E-state index contributed by atoms with van der Waals surface area (Å²) in [5, 5.41) is 1.98. The van der Waals surface area contributed by atoms with Gasteiger partial charge in [-0.3, -0.25) is 9.78 Å². The zero-order chi connectivity index (χ0) is 16.5. The molecule has 0 aromatic carbocycles. The van der Waals surface area contributed by atoms with E-state index in [1.165, 1.54) is 11.3 Å². The molecule has 1 aliphatic heterocycles. The summed E-state index contributed by atoms with van der Waals surface area (Å²) in [6.45, 7) is 3.20. The number of pyridine rings is 1. The Kier molecular flexibility index (Phi) is 4.24. The predicted octanol–water partition coefficient (Wildman–Crippen LogP) is 2.90.